The van der Waals surface area contributed by atoms with Gasteiger partial charge in [0.2, 0.25) is 5.95 Å². The molecule has 0 saturated heterocycles. The number of ether oxygens (including phenoxy) is 1. The molecule has 0 radical (unpaired) electrons. The number of hydrogen-bond donors (Lipinski definition) is 2. The quantitative estimate of drug-likeness (QED) is 0.898. The Labute approximate surface area is 132 Å². The smallest absolute Gasteiger partial charge is 0.222 e. The summed E-state index contributed by atoms with van der Waals surface area (Å²) < 4.78 is 5.96. The lowest BCUT2D eigenvalue weighted by atomic mass is 10.1. The third-order valence-corrected chi connectivity index (χ3v) is 4.62. The van der Waals surface area contributed by atoms with Crippen LogP contribution in [0.25, 0.3) is 0 Å². The van der Waals surface area contributed by atoms with Gasteiger partial charge in [-0.05, 0) is 24.7 Å². The zero-order chi connectivity index (χ0) is 16.5. The molecule has 0 saturated carbocycles. The van der Waals surface area contributed by atoms with Crippen LogP contribution in [0.5, 0.6) is 11.5 Å². The fourth-order valence-electron chi connectivity index (χ4n) is 1.88. The maximum absolute atomic E-state index is 5.96. The Kier molecular flexibility index (Phi) is 4.46. The second-order valence-electron chi connectivity index (χ2n) is 6.13. The Balaban J connectivity index is 2.47. The first-order valence-corrected chi connectivity index (χ1v) is 9.78. The van der Waals surface area contributed by atoms with E-state index in [2.05, 4.69) is 47.6 Å². The van der Waals surface area contributed by atoms with E-state index in [1.807, 2.05) is 12.3 Å². The molecule has 22 heavy (non-hydrogen) atoms. The van der Waals surface area contributed by atoms with Crippen LogP contribution in [0.15, 0.2) is 23.5 Å². The molecular weight excluding hydrogens is 298 g/mol. The van der Waals surface area contributed by atoms with Crippen LogP contribution in [0.4, 0.5) is 11.8 Å². The van der Waals surface area contributed by atoms with Crippen molar-refractivity contribution in [1.29, 1.82) is 0 Å². The average molecular weight is 321 g/mol. The molecule has 2 heterocycles. The predicted molar refractivity (Wildman–Crippen MR) is 92.9 cm³/mol. The second kappa shape index (κ2) is 6.00. The lowest BCUT2D eigenvalue weighted by molar-refractivity contribution is 0.468. The highest BCUT2D eigenvalue weighted by molar-refractivity contribution is 8.32. The van der Waals surface area contributed by atoms with Crippen molar-refractivity contribution in [3.8, 4) is 11.5 Å². The summed E-state index contributed by atoms with van der Waals surface area (Å²) in [4.78, 5) is 12.4. The van der Waals surface area contributed by atoms with E-state index in [4.69, 9.17) is 16.2 Å². The molecule has 0 aliphatic rings. The molecule has 0 unspecified atom stereocenters. The van der Waals surface area contributed by atoms with Crippen LogP contribution in [0.2, 0.25) is 0 Å². The van der Waals surface area contributed by atoms with E-state index >= 15 is 0 Å². The Morgan fingerprint density at radius 3 is 2.27 bits per heavy atom. The first kappa shape index (κ1) is 16.4. The zero-order valence-corrected chi connectivity index (χ0v) is 14.4. The van der Waals surface area contributed by atoms with Gasteiger partial charge in [-0.2, -0.15) is 4.98 Å². The van der Waals surface area contributed by atoms with Gasteiger partial charge < -0.3 is 16.2 Å². The van der Waals surface area contributed by atoms with Crippen molar-refractivity contribution in [3.05, 3.63) is 24.0 Å². The summed E-state index contributed by atoms with van der Waals surface area (Å²) in [6, 6.07) is 1.99. The summed E-state index contributed by atoms with van der Waals surface area (Å²) >= 11 is 0. The van der Waals surface area contributed by atoms with E-state index in [0.717, 1.165) is 16.3 Å². The molecule has 2 aromatic heterocycles. The third-order valence-electron chi connectivity index (χ3n) is 3.14. The maximum atomic E-state index is 5.96. The highest BCUT2D eigenvalue weighted by Gasteiger charge is 2.17. The van der Waals surface area contributed by atoms with Gasteiger partial charge in [0, 0.05) is 17.8 Å². The predicted octanol–water partition coefficient (Wildman–Crippen LogP) is 3.00. The van der Waals surface area contributed by atoms with Gasteiger partial charge in [0.1, 0.15) is 5.75 Å². The van der Waals surface area contributed by atoms with Crippen molar-refractivity contribution in [2.45, 2.75) is 24.8 Å². The number of aromatic nitrogens is 3. The topological polar surface area (TPSA) is 99.9 Å². The zero-order valence-electron chi connectivity index (χ0n) is 13.6. The van der Waals surface area contributed by atoms with E-state index in [9.17, 15) is 0 Å². The molecule has 4 N–H and O–H groups in total. The molecule has 0 bridgehead atoms. The number of rotatable bonds is 4. The first-order valence-electron chi connectivity index (χ1n) is 6.92. The standard InChI is InChI=1S/C15H23N5OS/c1-9(2)10-7-18-13(22(3,4)5)6-11(10)21-12-8-19-15(17)20-14(12)16/h6-9H,1-5H3,(H4,16,17,19,20). The van der Waals surface area contributed by atoms with Gasteiger partial charge in [0.25, 0.3) is 0 Å². The van der Waals surface area contributed by atoms with Crippen molar-refractivity contribution in [2.75, 3.05) is 30.2 Å². The van der Waals surface area contributed by atoms with Gasteiger partial charge in [0.05, 0.1) is 11.2 Å². The summed E-state index contributed by atoms with van der Waals surface area (Å²) in [7, 11) is -0.951. The number of pyridine rings is 1. The number of hydrogen-bond acceptors (Lipinski definition) is 6. The van der Waals surface area contributed by atoms with Crippen molar-refractivity contribution < 1.29 is 4.74 Å². The van der Waals surface area contributed by atoms with Crippen molar-refractivity contribution in [3.63, 3.8) is 0 Å². The minimum Gasteiger partial charge on any atom is -0.451 e. The molecule has 0 fully saturated rings. The van der Waals surface area contributed by atoms with Crippen LogP contribution in [0, 0.1) is 0 Å². The normalized spacial score (nSPS) is 12.5. The summed E-state index contributed by atoms with van der Waals surface area (Å²) in [6.45, 7) is 4.19. The molecule has 6 nitrogen and oxygen atoms in total. The van der Waals surface area contributed by atoms with Gasteiger partial charge in [-0.3, -0.25) is 4.98 Å². The molecule has 0 aromatic carbocycles. The van der Waals surface area contributed by atoms with Crippen molar-refractivity contribution in [1.82, 2.24) is 15.0 Å². The fourth-order valence-corrected chi connectivity index (χ4v) is 2.71. The van der Waals surface area contributed by atoms with Crippen molar-refractivity contribution >= 4 is 21.8 Å². The summed E-state index contributed by atoms with van der Waals surface area (Å²) in [5, 5.41) is 1.03. The maximum Gasteiger partial charge on any atom is 0.222 e. The largest absolute Gasteiger partial charge is 0.451 e. The van der Waals surface area contributed by atoms with E-state index < -0.39 is 10.0 Å². The summed E-state index contributed by atoms with van der Waals surface area (Å²) in [5.41, 5.74) is 12.4. The van der Waals surface area contributed by atoms with Crippen LogP contribution in [-0.4, -0.2) is 33.7 Å². The molecule has 0 spiro atoms. The molecule has 0 aliphatic carbocycles. The van der Waals surface area contributed by atoms with Crippen LogP contribution in [0.3, 0.4) is 0 Å². The molecule has 2 rings (SSSR count). The van der Waals surface area contributed by atoms with Crippen LogP contribution >= 0.6 is 10.0 Å². The van der Waals surface area contributed by atoms with E-state index in [0.29, 0.717) is 5.75 Å². The molecule has 0 aliphatic heterocycles. The van der Waals surface area contributed by atoms with E-state index in [-0.39, 0.29) is 17.7 Å². The Morgan fingerprint density at radius 2 is 1.73 bits per heavy atom. The molecular formula is C15H23N5OS. The molecule has 0 amide bonds. The first-order chi connectivity index (χ1) is 10.2. The molecule has 120 valence electrons. The van der Waals surface area contributed by atoms with Gasteiger partial charge >= 0.3 is 0 Å². The molecule has 7 heteroatoms. The average Bonchev–Trinajstić information content (AvgIpc) is 2.40. The number of anilines is 2. The number of nitrogens with zero attached hydrogens (tertiary/aromatic N) is 3. The molecule has 0 atom stereocenters. The van der Waals surface area contributed by atoms with Crippen LogP contribution in [-0.2, 0) is 0 Å². The van der Waals surface area contributed by atoms with Crippen LogP contribution < -0.4 is 16.2 Å². The van der Waals surface area contributed by atoms with Crippen LogP contribution in [0.1, 0.15) is 25.3 Å². The third kappa shape index (κ3) is 3.59. The van der Waals surface area contributed by atoms with E-state index in [1.165, 1.54) is 6.20 Å². The lowest BCUT2D eigenvalue weighted by Crippen LogP contribution is -2.04. The minimum atomic E-state index is -0.951. The monoisotopic (exact) mass is 321 g/mol. The Bertz CT molecular complexity index is 682. The van der Waals surface area contributed by atoms with E-state index in [1.54, 1.807) is 0 Å². The number of nitrogens with two attached hydrogens (primary N) is 2. The van der Waals surface area contributed by atoms with Crippen molar-refractivity contribution in [2.24, 2.45) is 0 Å². The Hall–Kier alpha value is -2.02. The highest BCUT2D eigenvalue weighted by atomic mass is 32.3. The summed E-state index contributed by atoms with van der Waals surface area (Å²) in [6.07, 6.45) is 9.94. The van der Waals surface area contributed by atoms with Gasteiger partial charge in [0.15, 0.2) is 11.6 Å². The van der Waals surface area contributed by atoms with Gasteiger partial charge in [-0.1, -0.05) is 13.8 Å². The van der Waals surface area contributed by atoms with Gasteiger partial charge in [-0.25, -0.2) is 15.0 Å². The second-order valence-corrected chi connectivity index (χ2v) is 10.2. The molecule has 2 aromatic rings. The SMILES string of the molecule is CC(C)c1cnc(S(C)(C)C)cc1Oc1cnc(N)nc1N. The fraction of sp³-hybridized carbons (Fsp3) is 0.400. The highest BCUT2D eigenvalue weighted by Crippen LogP contribution is 2.46. The minimum absolute atomic E-state index is 0.128. The summed E-state index contributed by atoms with van der Waals surface area (Å²) in [5.74, 6) is 1.77. The Morgan fingerprint density at radius 1 is 1.05 bits per heavy atom. The lowest BCUT2D eigenvalue weighted by Gasteiger charge is -2.26. The number of nitrogen functional groups attached to an aromatic ring is 2. The van der Waals surface area contributed by atoms with Gasteiger partial charge in [-0.15, -0.1) is 0 Å².